The zero-order valence-electron chi connectivity index (χ0n) is 11.7. The van der Waals surface area contributed by atoms with Crippen molar-refractivity contribution in [2.45, 2.75) is 17.9 Å². The molecule has 0 saturated carbocycles. The Balaban J connectivity index is 3.12. The van der Waals surface area contributed by atoms with Crippen LogP contribution in [0.1, 0.15) is 17.3 Å². The van der Waals surface area contributed by atoms with Gasteiger partial charge in [0, 0.05) is 14.1 Å². The van der Waals surface area contributed by atoms with Gasteiger partial charge in [0.25, 0.3) is 0 Å². The summed E-state index contributed by atoms with van der Waals surface area (Å²) in [6, 6.07) is 1.84. The number of nitrogens with one attached hydrogen (secondary N) is 1. The topological polar surface area (TPSA) is 124 Å². The predicted molar refractivity (Wildman–Crippen MR) is 73.5 cm³/mol. The van der Waals surface area contributed by atoms with Gasteiger partial charge in [0.05, 0.1) is 10.9 Å². The van der Waals surface area contributed by atoms with Crippen LogP contribution in [-0.4, -0.2) is 55.5 Å². The molecular weight excluding hydrogens is 300 g/mol. The SMILES string of the molecule is CC(NS(=O)(=O)c1ccc(O)c(C(=O)O)c1)C(=O)N(C)C. The molecule has 1 atom stereocenters. The molecule has 116 valence electrons. The number of likely N-dealkylation sites (N-methyl/N-ethyl adjacent to an activating group) is 1. The molecule has 0 heterocycles. The molecule has 0 aromatic heterocycles. The van der Waals surface area contributed by atoms with Crippen molar-refractivity contribution in [3.05, 3.63) is 23.8 Å². The number of carboxylic acid groups (broad SMARTS) is 1. The minimum absolute atomic E-state index is 0.351. The number of sulfonamides is 1. The van der Waals surface area contributed by atoms with Crippen LogP contribution in [-0.2, 0) is 14.8 Å². The van der Waals surface area contributed by atoms with E-state index in [1.807, 2.05) is 0 Å². The van der Waals surface area contributed by atoms with Gasteiger partial charge in [-0.05, 0) is 25.1 Å². The lowest BCUT2D eigenvalue weighted by molar-refractivity contribution is -0.130. The summed E-state index contributed by atoms with van der Waals surface area (Å²) in [5.74, 6) is -2.45. The highest BCUT2D eigenvalue weighted by atomic mass is 32.2. The first-order chi connectivity index (χ1) is 9.56. The molecule has 1 amide bonds. The summed E-state index contributed by atoms with van der Waals surface area (Å²) in [6.07, 6.45) is 0. The van der Waals surface area contributed by atoms with Crippen molar-refractivity contribution < 1.29 is 28.2 Å². The molecule has 0 fully saturated rings. The number of hydrogen-bond acceptors (Lipinski definition) is 5. The van der Waals surface area contributed by atoms with Crippen molar-refractivity contribution >= 4 is 21.9 Å². The maximum atomic E-state index is 12.1. The van der Waals surface area contributed by atoms with Crippen LogP contribution in [0.4, 0.5) is 0 Å². The normalized spacial score (nSPS) is 12.7. The first kappa shape index (κ1) is 16.9. The molecule has 0 aliphatic heterocycles. The van der Waals surface area contributed by atoms with Gasteiger partial charge in [-0.2, -0.15) is 4.72 Å². The molecule has 0 aliphatic carbocycles. The van der Waals surface area contributed by atoms with Gasteiger partial charge in [-0.3, -0.25) is 4.79 Å². The summed E-state index contributed by atoms with van der Waals surface area (Å²) < 4.78 is 26.3. The van der Waals surface area contributed by atoms with Gasteiger partial charge in [-0.15, -0.1) is 0 Å². The minimum atomic E-state index is -4.08. The number of amides is 1. The molecule has 3 N–H and O–H groups in total. The van der Waals surface area contributed by atoms with Gasteiger partial charge in [0.1, 0.15) is 11.3 Å². The van der Waals surface area contributed by atoms with Crippen LogP contribution < -0.4 is 4.72 Å². The quantitative estimate of drug-likeness (QED) is 0.693. The standard InChI is InChI=1S/C12H16N2O6S/c1-7(11(16)14(2)3)13-21(19,20)8-4-5-10(15)9(6-8)12(17)18/h4-7,13,15H,1-3H3,(H,17,18). The first-order valence-corrected chi connectivity index (χ1v) is 7.34. The maximum absolute atomic E-state index is 12.1. The van der Waals surface area contributed by atoms with E-state index in [-0.39, 0.29) is 4.90 Å². The van der Waals surface area contributed by atoms with E-state index < -0.39 is 39.3 Å². The summed E-state index contributed by atoms with van der Waals surface area (Å²) in [7, 11) is -1.12. The second-order valence-corrected chi connectivity index (χ2v) is 6.27. The van der Waals surface area contributed by atoms with E-state index in [0.717, 1.165) is 18.2 Å². The number of aromatic carboxylic acids is 1. The predicted octanol–water partition coefficient (Wildman–Crippen LogP) is -0.155. The molecule has 0 saturated heterocycles. The van der Waals surface area contributed by atoms with Crippen molar-refractivity contribution in [3.8, 4) is 5.75 Å². The number of aromatic hydroxyl groups is 1. The molecule has 1 aromatic rings. The Hall–Kier alpha value is -2.13. The average Bonchev–Trinajstić information content (AvgIpc) is 2.36. The number of carbonyl (C=O) groups excluding carboxylic acids is 1. The van der Waals surface area contributed by atoms with E-state index in [4.69, 9.17) is 5.11 Å². The fourth-order valence-corrected chi connectivity index (χ4v) is 2.81. The number of phenols is 1. The van der Waals surface area contributed by atoms with Gasteiger partial charge >= 0.3 is 5.97 Å². The zero-order valence-corrected chi connectivity index (χ0v) is 12.5. The van der Waals surface area contributed by atoms with E-state index in [1.54, 1.807) is 0 Å². The van der Waals surface area contributed by atoms with Crippen LogP contribution in [0.25, 0.3) is 0 Å². The molecule has 8 nitrogen and oxygen atoms in total. The third kappa shape index (κ3) is 3.92. The van der Waals surface area contributed by atoms with Crippen LogP contribution in [0.15, 0.2) is 23.1 Å². The Kier molecular flexibility index (Phi) is 4.92. The Morgan fingerprint density at radius 2 is 1.86 bits per heavy atom. The number of hydrogen-bond donors (Lipinski definition) is 3. The van der Waals surface area contributed by atoms with Gasteiger partial charge < -0.3 is 15.1 Å². The Morgan fingerprint density at radius 3 is 2.33 bits per heavy atom. The van der Waals surface area contributed by atoms with E-state index in [9.17, 15) is 23.1 Å². The fraction of sp³-hybridized carbons (Fsp3) is 0.333. The van der Waals surface area contributed by atoms with Crippen molar-refractivity contribution in [3.63, 3.8) is 0 Å². The maximum Gasteiger partial charge on any atom is 0.339 e. The van der Waals surface area contributed by atoms with Crippen LogP contribution in [0.2, 0.25) is 0 Å². The second kappa shape index (κ2) is 6.10. The number of nitrogens with zero attached hydrogens (tertiary/aromatic N) is 1. The largest absolute Gasteiger partial charge is 0.507 e. The van der Waals surface area contributed by atoms with Crippen LogP contribution in [0.3, 0.4) is 0 Å². The minimum Gasteiger partial charge on any atom is -0.507 e. The Labute approximate surface area is 122 Å². The summed E-state index contributed by atoms with van der Waals surface area (Å²) in [4.78, 5) is 23.4. The van der Waals surface area contributed by atoms with Gasteiger partial charge in [-0.25, -0.2) is 13.2 Å². The molecule has 1 unspecified atom stereocenters. The molecule has 0 radical (unpaired) electrons. The summed E-state index contributed by atoms with van der Waals surface area (Å²) in [5, 5.41) is 18.2. The van der Waals surface area contributed by atoms with Crippen molar-refractivity contribution in [2.24, 2.45) is 0 Å². The highest BCUT2D eigenvalue weighted by Gasteiger charge is 2.24. The average molecular weight is 316 g/mol. The lowest BCUT2D eigenvalue weighted by atomic mass is 10.2. The van der Waals surface area contributed by atoms with E-state index in [2.05, 4.69) is 4.72 Å². The van der Waals surface area contributed by atoms with Crippen LogP contribution in [0.5, 0.6) is 5.75 Å². The van der Waals surface area contributed by atoms with Gasteiger partial charge in [0.2, 0.25) is 15.9 Å². The molecular formula is C12H16N2O6S. The molecule has 21 heavy (non-hydrogen) atoms. The lowest BCUT2D eigenvalue weighted by Crippen LogP contribution is -2.44. The first-order valence-electron chi connectivity index (χ1n) is 5.86. The fourth-order valence-electron chi connectivity index (χ4n) is 1.59. The summed E-state index contributed by atoms with van der Waals surface area (Å²) in [5.41, 5.74) is -0.538. The monoisotopic (exact) mass is 316 g/mol. The Morgan fingerprint density at radius 1 is 1.29 bits per heavy atom. The molecule has 1 aromatic carbocycles. The zero-order chi connectivity index (χ0) is 16.4. The van der Waals surface area contributed by atoms with Crippen molar-refractivity contribution in [2.75, 3.05) is 14.1 Å². The van der Waals surface area contributed by atoms with E-state index in [1.165, 1.54) is 25.9 Å². The molecule has 1 rings (SSSR count). The van der Waals surface area contributed by atoms with Crippen LogP contribution in [0, 0.1) is 0 Å². The smallest absolute Gasteiger partial charge is 0.339 e. The number of carbonyl (C=O) groups is 2. The lowest BCUT2D eigenvalue weighted by Gasteiger charge is -2.18. The third-order valence-electron chi connectivity index (χ3n) is 2.65. The van der Waals surface area contributed by atoms with Crippen LogP contribution >= 0.6 is 0 Å². The number of carboxylic acids is 1. The molecule has 9 heteroatoms. The second-order valence-electron chi connectivity index (χ2n) is 4.56. The highest BCUT2D eigenvalue weighted by Crippen LogP contribution is 2.21. The summed E-state index contributed by atoms with van der Waals surface area (Å²) >= 11 is 0. The number of benzene rings is 1. The van der Waals surface area contributed by atoms with Crippen molar-refractivity contribution in [1.29, 1.82) is 0 Å². The van der Waals surface area contributed by atoms with Gasteiger partial charge in [0.15, 0.2) is 0 Å². The third-order valence-corrected chi connectivity index (χ3v) is 4.19. The van der Waals surface area contributed by atoms with Gasteiger partial charge in [-0.1, -0.05) is 0 Å². The Bertz CT molecular complexity index is 668. The van der Waals surface area contributed by atoms with E-state index >= 15 is 0 Å². The highest BCUT2D eigenvalue weighted by molar-refractivity contribution is 7.89. The summed E-state index contributed by atoms with van der Waals surface area (Å²) in [6.45, 7) is 1.37. The molecule has 0 spiro atoms. The molecule has 0 aliphatic rings. The number of rotatable bonds is 5. The van der Waals surface area contributed by atoms with E-state index in [0.29, 0.717) is 0 Å². The van der Waals surface area contributed by atoms with Crippen molar-refractivity contribution in [1.82, 2.24) is 9.62 Å². The molecule has 0 bridgehead atoms.